The van der Waals surface area contributed by atoms with E-state index in [9.17, 15) is 0 Å². The van der Waals surface area contributed by atoms with Crippen molar-refractivity contribution in [2.45, 2.75) is 95.5 Å². The van der Waals surface area contributed by atoms with Crippen molar-refractivity contribution in [1.82, 2.24) is 0 Å². The molecule has 250 valence electrons. The van der Waals surface area contributed by atoms with E-state index < -0.39 is 21.3 Å². The molecule has 0 amide bonds. The van der Waals surface area contributed by atoms with Gasteiger partial charge in [0.2, 0.25) is 0 Å². The van der Waals surface area contributed by atoms with Gasteiger partial charge in [-0.1, -0.05) is 0 Å². The predicted molar refractivity (Wildman–Crippen MR) is 198 cm³/mol. The summed E-state index contributed by atoms with van der Waals surface area (Å²) >= 11 is -2.36. The Labute approximate surface area is 311 Å². The molecule has 2 aliphatic rings. The molecule has 0 N–H and O–H groups in total. The van der Waals surface area contributed by atoms with Crippen LogP contribution in [0.4, 0.5) is 0 Å². The van der Waals surface area contributed by atoms with E-state index in [1.54, 1.807) is 11.1 Å². The Morgan fingerprint density at radius 1 is 0.750 bits per heavy atom. The van der Waals surface area contributed by atoms with E-state index in [0.717, 1.165) is 12.8 Å². The van der Waals surface area contributed by atoms with Gasteiger partial charge in [-0.15, -0.1) is 0 Å². The molecule has 0 nitrogen and oxygen atoms in total. The van der Waals surface area contributed by atoms with Crippen LogP contribution < -0.4 is 28.1 Å². The van der Waals surface area contributed by atoms with Crippen molar-refractivity contribution in [2.24, 2.45) is 5.92 Å². The van der Waals surface area contributed by atoms with E-state index in [2.05, 4.69) is 144 Å². The van der Waals surface area contributed by atoms with Crippen LogP contribution in [-0.4, -0.2) is 3.21 Å². The van der Waals surface area contributed by atoms with Crippen molar-refractivity contribution in [3.8, 4) is 22.3 Å². The Morgan fingerprint density at radius 3 is 2.00 bits per heavy atom. The van der Waals surface area contributed by atoms with Crippen LogP contribution >= 0.6 is 0 Å². The van der Waals surface area contributed by atoms with Gasteiger partial charge in [-0.05, 0) is 0 Å². The average Bonchev–Trinajstić information content (AvgIpc) is 3.74. The third-order valence-corrected chi connectivity index (χ3v) is 19.2. The first-order chi connectivity index (χ1) is 22.5. The molecule has 0 aromatic heterocycles. The summed E-state index contributed by atoms with van der Waals surface area (Å²) in [4.78, 5) is 0. The summed E-state index contributed by atoms with van der Waals surface area (Å²) in [5, 5.41) is 0. The van der Waals surface area contributed by atoms with Crippen molar-refractivity contribution in [2.75, 3.05) is 0 Å². The molecule has 3 heteroatoms. The molecule has 0 radical (unpaired) electrons. The smallest absolute Gasteiger partial charge is 1.00 e. The van der Waals surface area contributed by atoms with Gasteiger partial charge in [-0.3, -0.25) is 0 Å². The van der Waals surface area contributed by atoms with E-state index in [1.807, 2.05) is 6.48 Å². The maximum absolute atomic E-state index is 2.58. The second-order valence-electron chi connectivity index (χ2n) is 13.9. The number of aryl methyl sites for hydroxylation is 1. The first kappa shape index (κ1) is 38.5. The zero-order valence-corrected chi connectivity index (χ0v) is 33.5. The summed E-state index contributed by atoms with van der Waals surface area (Å²) in [6, 6.07) is 32.3. The number of hydrogen-bond donors (Lipinski definition) is 0. The fourth-order valence-electron chi connectivity index (χ4n) is 7.91. The third-order valence-electron chi connectivity index (χ3n) is 10.7. The molecule has 0 heterocycles. The van der Waals surface area contributed by atoms with E-state index in [4.69, 9.17) is 0 Å². The summed E-state index contributed by atoms with van der Waals surface area (Å²) in [6.45, 7) is 12.0. The molecule has 0 spiro atoms. The Balaban J connectivity index is 0.00000260. The van der Waals surface area contributed by atoms with Crippen LogP contribution in [0.1, 0.15) is 100.0 Å². The molecule has 0 aliphatic heterocycles. The Kier molecular flexibility index (Phi) is 14.5. The monoisotopic (exact) mass is 752 g/mol. The van der Waals surface area contributed by atoms with Crippen LogP contribution in [0.15, 0.2) is 109 Å². The molecule has 4 aromatic rings. The van der Waals surface area contributed by atoms with Gasteiger partial charge in [0.15, 0.2) is 0 Å². The number of halogens is 2. The summed E-state index contributed by atoms with van der Waals surface area (Å²) in [5.41, 5.74) is 13.4. The van der Waals surface area contributed by atoms with Gasteiger partial charge in [-0.2, -0.15) is 0 Å². The molecule has 0 saturated heterocycles. The number of rotatable bonds is 13. The topological polar surface area (TPSA) is 0 Å². The van der Waals surface area contributed by atoms with Gasteiger partial charge in [-0.25, -0.2) is 0 Å². The van der Waals surface area contributed by atoms with E-state index in [0.29, 0.717) is 15.5 Å². The minimum absolute atomic E-state index is 0. The SMILES string of the molecule is CCCC[C](CCCC)=[Zr+2]([c]1c(CC(C)C(C)c2ccccc2)ccc2c1Cc1cc(C)c(-c3ccccc3)cc1-2)[CH]1C=CC=C1.[Cl-].[Cl-]. The van der Waals surface area contributed by atoms with Crippen molar-refractivity contribution < 1.29 is 46.1 Å². The van der Waals surface area contributed by atoms with Gasteiger partial charge in [0.25, 0.3) is 0 Å². The molecular formula is C45H52Cl2Zr. The van der Waals surface area contributed by atoms with Crippen molar-refractivity contribution in [3.63, 3.8) is 0 Å². The van der Waals surface area contributed by atoms with Gasteiger partial charge < -0.3 is 24.8 Å². The zero-order chi connectivity index (χ0) is 32.0. The third kappa shape index (κ3) is 8.34. The summed E-state index contributed by atoms with van der Waals surface area (Å²) in [6.07, 6.45) is 19.9. The first-order valence-corrected chi connectivity index (χ1v) is 21.8. The van der Waals surface area contributed by atoms with E-state index in [1.165, 1.54) is 77.5 Å². The largest absolute Gasteiger partial charge is 1.00 e. The van der Waals surface area contributed by atoms with Crippen molar-refractivity contribution >= 4 is 6.48 Å². The number of allylic oxidation sites excluding steroid dienone is 4. The van der Waals surface area contributed by atoms with Gasteiger partial charge >= 0.3 is 288 Å². The maximum atomic E-state index is 2.58. The summed E-state index contributed by atoms with van der Waals surface area (Å²) in [7, 11) is 0. The Morgan fingerprint density at radius 2 is 1.38 bits per heavy atom. The molecule has 0 fully saturated rings. The van der Waals surface area contributed by atoms with Crippen LogP contribution in [0.2, 0.25) is 3.63 Å². The molecule has 2 unspecified atom stereocenters. The second-order valence-corrected chi connectivity index (χ2v) is 20.5. The molecule has 0 saturated carbocycles. The van der Waals surface area contributed by atoms with Crippen LogP contribution in [0.25, 0.3) is 22.3 Å². The van der Waals surface area contributed by atoms with Crippen LogP contribution in [0.5, 0.6) is 0 Å². The zero-order valence-electron chi connectivity index (χ0n) is 29.5. The van der Waals surface area contributed by atoms with Gasteiger partial charge in [0.05, 0.1) is 0 Å². The van der Waals surface area contributed by atoms with Gasteiger partial charge in [0, 0.05) is 0 Å². The first-order valence-electron chi connectivity index (χ1n) is 18.0. The van der Waals surface area contributed by atoms with Crippen molar-refractivity contribution in [3.05, 3.63) is 137 Å². The maximum Gasteiger partial charge on any atom is -1.00 e. The van der Waals surface area contributed by atoms with Crippen LogP contribution in [0.3, 0.4) is 0 Å². The number of hydrogen-bond acceptors (Lipinski definition) is 0. The Hall–Kier alpha value is -2.31. The summed E-state index contributed by atoms with van der Waals surface area (Å²) < 4.78 is 4.46. The van der Waals surface area contributed by atoms with E-state index in [-0.39, 0.29) is 24.8 Å². The molecule has 2 aliphatic carbocycles. The van der Waals surface area contributed by atoms with E-state index >= 15 is 0 Å². The van der Waals surface area contributed by atoms with Crippen LogP contribution in [0, 0.1) is 12.8 Å². The molecule has 48 heavy (non-hydrogen) atoms. The number of benzene rings is 4. The standard InChI is InChI=1S/C31H29.C9H18.C5H5.2ClH.Zr/c1-21(23(3)25-10-6-4-7-11-25)16-24-14-15-29-28(18-24)19-27-17-22(2)30(20-31(27)29)26-12-8-5-9-13-26;1-3-5-7-9-8-6-4-2;1-2-4-5-3-1;;;/h4-15,17,20-21,23H,16,19H2,1-3H3;3-8H2,1-2H3;1-5H;2*1H;/q;;;;;+2/p-2. The number of unbranched alkanes of at least 4 members (excludes halogenated alkanes) is 2. The molecule has 2 atom stereocenters. The number of fused-ring (bicyclic) bond motifs is 3. The minimum atomic E-state index is -2.36. The van der Waals surface area contributed by atoms with Gasteiger partial charge in [0.1, 0.15) is 0 Å². The predicted octanol–water partition coefficient (Wildman–Crippen LogP) is 5.93. The normalized spacial score (nSPS) is 13.9. The Bertz CT molecular complexity index is 1730. The van der Waals surface area contributed by atoms with Crippen LogP contribution in [-0.2, 0) is 34.1 Å². The molecular weight excluding hydrogens is 703 g/mol. The fourth-order valence-corrected chi connectivity index (χ4v) is 17.1. The minimum Gasteiger partial charge on any atom is -1.00 e. The molecule has 0 bridgehead atoms. The quantitative estimate of drug-likeness (QED) is 0.140. The second kappa shape index (κ2) is 18.1. The average molecular weight is 755 g/mol. The molecule has 6 rings (SSSR count). The van der Waals surface area contributed by atoms with Crippen molar-refractivity contribution in [1.29, 1.82) is 0 Å². The summed E-state index contributed by atoms with van der Waals surface area (Å²) in [5.74, 6) is 1.10. The fraction of sp³-hybridized carbons (Fsp3) is 0.356. The molecule has 4 aromatic carbocycles.